The average Bonchev–Trinajstić information content (AvgIpc) is 4.01. The minimum atomic E-state index is -4.18. The van der Waals surface area contributed by atoms with Gasteiger partial charge in [0.1, 0.15) is 29.5 Å². The Balaban J connectivity index is 1.28. The summed E-state index contributed by atoms with van der Waals surface area (Å²) in [5, 5.41) is 6.16. The van der Waals surface area contributed by atoms with Crippen LogP contribution in [-0.4, -0.2) is 74.8 Å². The number of carbonyl (C=O) groups excluding carboxylic acids is 5. The van der Waals surface area contributed by atoms with Gasteiger partial charge in [0.25, 0.3) is 10.0 Å². The van der Waals surface area contributed by atoms with Crippen LogP contribution in [-0.2, 0) is 33.9 Å². The lowest BCUT2D eigenvalue weighted by atomic mass is 9.89. The quantitative estimate of drug-likeness (QED) is 0.0648. The summed E-state index contributed by atoms with van der Waals surface area (Å²) in [5.74, 6) is -2.32. The van der Waals surface area contributed by atoms with E-state index >= 15 is 0 Å². The normalized spacial score (nSPS) is 21.8. The lowest BCUT2D eigenvalue weighted by Gasteiger charge is -2.26. The summed E-state index contributed by atoms with van der Waals surface area (Å²) in [5.41, 5.74) is -0.0336. The second kappa shape index (κ2) is 18.7. The molecule has 0 spiro atoms. The minimum Gasteiger partial charge on any atom is -0.497 e. The molecular formula is C46H52N4O10S. The number of Topliss-reactive ketones (excluding diaryl/α,β-unsaturated/α-hetero) is 1. The molecule has 14 nitrogen and oxygen atoms in total. The number of hydrogen-bond donors (Lipinski definition) is 3. The number of amides is 3. The van der Waals surface area contributed by atoms with Gasteiger partial charge in [0.2, 0.25) is 11.8 Å². The van der Waals surface area contributed by atoms with Crippen LogP contribution in [0.4, 0.5) is 4.79 Å². The van der Waals surface area contributed by atoms with Gasteiger partial charge in [-0.1, -0.05) is 54.6 Å². The Morgan fingerprint density at radius 3 is 2.26 bits per heavy atom. The van der Waals surface area contributed by atoms with Gasteiger partial charge in [-0.25, -0.2) is 22.9 Å². The van der Waals surface area contributed by atoms with Gasteiger partial charge in [-0.2, -0.15) is 0 Å². The fourth-order valence-corrected chi connectivity index (χ4v) is 8.91. The number of pyridine rings is 1. The van der Waals surface area contributed by atoms with Gasteiger partial charge in [0.15, 0.2) is 5.78 Å². The van der Waals surface area contributed by atoms with E-state index in [1.54, 1.807) is 64.3 Å². The van der Waals surface area contributed by atoms with Crippen molar-refractivity contribution in [3.05, 3.63) is 97.6 Å². The number of aromatic nitrogens is 1. The van der Waals surface area contributed by atoms with Crippen molar-refractivity contribution in [3.63, 3.8) is 0 Å². The molecule has 1 aromatic heterocycles. The van der Waals surface area contributed by atoms with Crippen LogP contribution in [0.2, 0.25) is 0 Å². The number of methoxy groups -OCH3 is 1. The van der Waals surface area contributed by atoms with E-state index in [9.17, 15) is 32.4 Å². The summed E-state index contributed by atoms with van der Waals surface area (Å²) in [6, 6.07) is 23.1. The maximum atomic E-state index is 14.3. The van der Waals surface area contributed by atoms with E-state index in [0.717, 1.165) is 5.56 Å². The van der Waals surface area contributed by atoms with Crippen molar-refractivity contribution in [1.82, 2.24) is 20.3 Å². The number of nitrogens with one attached hydrogen (secondary N) is 3. The Labute approximate surface area is 355 Å². The van der Waals surface area contributed by atoms with Crippen molar-refractivity contribution in [2.75, 3.05) is 13.7 Å². The van der Waals surface area contributed by atoms with Crippen LogP contribution in [0.3, 0.4) is 0 Å². The average molecular weight is 853 g/mol. The van der Waals surface area contributed by atoms with E-state index < -0.39 is 68.7 Å². The number of aldehydes is 1. The van der Waals surface area contributed by atoms with Crippen LogP contribution in [0.15, 0.2) is 102 Å². The molecule has 2 fully saturated rings. The molecule has 6 atom stereocenters. The highest BCUT2D eigenvalue weighted by Crippen LogP contribution is 2.53. The standard InChI is InChI=1S/C46H52N4O10S/c1-6-32-27-46(32,43(54)50-61(56,57)35-15-11-8-12-16-35)28-47-42(53)31-18-17-30(41(52)37(21-22-51)49-44(55)60-45(2,3)4)23-34(24-31)59-40-26-38(29-13-9-7-10-14-29)48-39-25-33(58-5)19-20-36(39)40/h6-16,19-20,22,25-26,30-32,34,37H,1,17-18,21,23-24,27-28H2,2-5H3,(H,47,53)(H,49,55)(H,50,54). The summed E-state index contributed by atoms with van der Waals surface area (Å²) in [7, 11) is -2.62. The number of sulfonamides is 1. The molecule has 3 N–H and O–H groups in total. The van der Waals surface area contributed by atoms with E-state index in [-0.39, 0.29) is 55.9 Å². The van der Waals surface area contributed by atoms with E-state index in [4.69, 9.17) is 19.2 Å². The van der Waals surface area contributed by atoms with E-state index in [1.807, 2.05) is 42.5 Å². The molecule has 3 amide bonds. The lowest BCUT2D eigenvalue weighted by molar-refractivity contribution is -0.128. The van der Waals surface area contributed by atoms with Crippen LogP contribution in [0.5, 0.6) is 11.5 Å². The Hall–Kier alpha value is -6.09. The third-order valence-electron chi connectivity index (χ3n) is 11.2. The zero-order chi connectivity index (χ0) is 44.0. The van der Waals surface area contributed by atoms with E-state index in [0.29, 0.717) is 34.4 Å². The first-order valence-electron chi connectivity index (χ1n) is 20.3. The van der Waals surface area contributed by atoms with Crippen molar-refractivity contribution >= 4 is 50.9 Å². The summed E-state index contributed by atoms with van der Waals surface area (Å²) in [4.78, 5) is 71.5. The molecule has 322 valence electrons. The Bertz CT molecular complexity index is 2390. The number of alkyl carbamates (subject to hydrolysis) is 1. The maximum absolute atomic E-state index is 14.3. The smallest absolute Gasteiger partial charge is 0.408 e. The molecule has 6 rings (SSSR count). The molecule has 0 aliphatic heterocycles. The van der Waals surface area contributed by atoms with Gasteiger partial charge in [-0.3, -0.25) is 14.4 Å². The Kier molecular flexibility index (Phi) is 13.6. The van der Waals surface area contributed by atoms with Gasteiger partial charge < -0.3 is 29.6 Å². The summed E-state index contributed by atoms with van der Waals surface area (Å²) in [6.45, 7) is 8.73. The van der Waals surface area contributed by atoms with Crippen molar-refractivity contribution in [2.24, 2.45) is 23.2 Å². The molecule has 61 heavy (non-hydrogen) atoms. The monoisotopic (exact) mass is 852 g/mol. The second-order valence-electron chi connectivity index (χ2n) is 16.6. The summed E-state index contributed by atoms with van der Waals surface area (Å²) >= 11 is 0. The van der Waals surface area contributed by atoms with Crippen LogP contribution >= 0.6 is 0 Å². The number of rotatable bonds is 16. The highest BCUT2D eigenvalue weighted by molar-refractivity contribution is 7.90. The molecule has 0 saturated heterocycles. The number of benzene rings is 3. The molecule has 0 bridgehead atoms. The molecule has 6 unspecified atom stereocenters. The van der Waals surface area contributed by atoms with Gasteiger partial charge >= 0.3 is 6.09 Å². The van der Waals surface area contributed by atoms with Gasteiger partial charge in [-0.05, 0) is 83.1 Å². The molecule has 2 aliphatic carbocycles. The Morgan fingerprint density at radius 2 is 1.62 bits per heavy atom. The molecule has 4 aromatic rings. The topological polar surface area (TPSA) is 196 Å². The number of nitrogens with zero attached hydrogens (tertiary/aromatic N) is 1. The van der Waals surface area contributed by atoms with Gasteiger partial charge in [0.05, 0.1) is 34.7 Å². The van der Waals surface area contributed by atoms with Gasteiger partial charge in [-0.15, -0.1) is 6.58 Å². The molecule has 15 heteroatoms. The first-order chi connectivity index (χ1) is 29.1. The first-order valence-corrected chi connectivity index (χ1v) is 21.7. The third kappa shape index (κ3) is 10.8. The predicted octanol–water partition coefficient (Wildman–Crippen LogP) is 6.33. The molecule has 2 saturated carbocycles. The van der Waals surface area contributed by atoms with Crippen LogP contribution in [0.25, 0.3) is 22.2 Å². The largest absolute Gasteiger partial charge is 0.497 e. The highest BCUT2D eigenvalue weighted by atomic mass is 32.2. The molecular weight excluding hydrogens is 801 g/mol. The zero-order valence-corrected chi connectivity index (χ0v) is 35.5. The van der Waals surface area contributed by atoms with E-state index in [2.05, 4.69) is 21.9 Å². The fraction of sp³-hybridized carbons (Fsp3) is 0.391. The summed E-state index contributed by atoms with van der Waals surface area (Å²) in [6.07, 6.45) is 1.35. The van der Waals surface area contributed by atoms with Crippen LogP contribution in [0, 0.1) is 23.2 Å². The predicted molar refractivity (Wildman–Crippen MR) is 228 cm³/mol. The molecule has 2 aliphatic rings. The van der Waals surface area contributed by atoms with Gasteiger partial charge in [0, 0.05) is 47.9 Å². The number of ether oxygens (including phenoxy) is 3. The number of ketones is 1. The summed E-state index contributed by atoms with van der Waals surface area (Å²) < 4.78 is 46.1. The first kappa shape index (κ1) is 44.5. The highest BCUT2D eigenvalue weighted by Gasteiger charge is 2.59. The van der Waals surface area contributed by atoms with Crippen LogP contribution < -0.4 is 24.8 Å². The van der Waals surface area contributed by atoms with Crippen molar-refractivity contribution in [1.29, 1.82) is 0 Å². The fourth-order valence-electron chi connectivity index (χ4n) is 7.83. The zero-order valence-electron chi connectivity index (χ0n) is 34.7. The molecule has 3 aromatic carbocycles. The lowest BCUT2D eigenvalue weighted by Crippen LogP contribution is -2.46. The molecule has 0 radical (unpaired) electrons. The number of fused-ring (bicyclic) bond motifs is 1. The minimum absolute atomic E-state index is 0.0689. The number of carbonyl (C=O) groups is 5. The molecule has 1 heterocycles. The third-order valence-corrected chi connectivity index (χ3v) is 12.5. The van der Waals surface area contributed by atoms with Crippen LogP contribution in [0.1, 0.15) is 59.3 Å². The number of hydrogen-bond acceptors (Lipinski definition) is 11. The van der Waals surface area contributed by atoms with E-state index in [1.165, 1.54) is 12.1 Å². The number of allylic oxidation sites excluding steroid dienone is 1. The Morgan fingerprint density at radius 1 is 0.951 bits per heavy atom. The van der Waals surface area contributed by atoms with Crippen molar-refractivity contribution < 1.29 is 46.6 Å². The SMILES string of the molecule is C=CC1CC1(CNC(=O)C1CCC(C(=O)C(CC=O)NC(=O)OC(C)(C)C)CC(Oc2cc(-c3ccccc3)nc3cc(OC)ccc23)C1)C(=O)NS(=O)(=O)c1ccccc1. The maximum Gasteiger partial charge on any atom is 0.408 e. The second-order valence-corrected chi connectivity index (χ2v) is 18.3. The van der Waals surface area contributed by atoms with Crippen molar-refractivity contribution in [3.8, 4) is 22.8 Å². The van der Waals surface area contributed by atoms with Crippen molar-refractivity contribution in [2.45, 2.75) is 81.9 Å².